The van der Waals surface area contributed by atoms with Crippen LogP contribution in [0.2, 0.25) is 0 Å². The molecule has 6 N–H and O–H groups in total. The highest BCUT2D eigenvalue weighted by atomic mass is 16.6. The third kappa shape index (κ3) is 3.42. The lowest BCUT2D eigenvalue weighted by atomic mass is 10.1. The summed E-state index contributed by atoms with van der Waals surface area (Å²) in [7, 11) is 3.12. The van der Waals surface area contributed by atoms with Crippen molar-refractivity contribution in [3.05, 3.63) is 39.7 Å². The number of nitrogens with zero attached hydrogens (tertiary/aromatic N) is 7. The fourth-order valence-electron chi connectivity index (χ4n) is 3.27. The molecule has 0 bridgehead atoms. The van der Waals surface area contributed by atoms with Crippen molar-refractivity contribution in [3.8, 4) is 0 Å². The smallest absolute Gasteiger partial charge is 0.281 e. The largest absolute Gasteiger partial charge is 0.394 e. The molecular formula is C17H21N9O6. The van der Waals surface area contributed by atoms with Crippen LogP contribution in [-0.4, -0.2) is 78.9 Å². The lowest BCUT2D eigenvalue weighted by Gasteiger charge is -2.16. The monoisotopic (exact) mass is 447 g/mol. The van der Waals surface area contributed by atoms with Crippen molar-refractivity contribution < 1.29 is 20.1 Å². The maximum absolute atomic E-state index is 11.9. The second-order valence-electron chi connectivity index (χ2n) is 7.15. The van der Waals surface area contributed by atoms with Gasteiger partial charge in [0.2, 0.25) is 5.95 Å². The van der Waals surface area contributed by atoms with Crippen LogP contribution in [0, 0.1) is 0 Å². The minimum atomic E-state index is -1.24. The number of nitrogens with one attached hydrogen (secondary N) is 1. The van der Waals surface area contributed by atoms with Gasteiger partial charge in [-0.2, -0.15) is 4.98 Å². The van der Waals surface area contributed by atoms with E-state index in [4.69, 9.17) is 15.6 Å². The lowest BCUT2D eigenvalue weighted by Crippen LogP contribution is -2.33. The summed E-state index contributed by atoms with van der Waals surface area (Å²) >= 11 is 0. The number of aryl methyl sites for hydroxylation is 1. The van der Waals surface area contributed by atoms with E-state index in [-0.39, 0.29) is 28.2 Å². The lowest BCUT2D eigenvalue weighted by molar-refractivity contribution is -0.0511. The Kier molecular flexibility index (Phi) is 5.47. The highest BCUT2D eigenvalue weighted by Gasteiger charge is 2.44. The fourth-order valence-corrected chi connectivity index (χ4v) is 3.27. The van der Waals surface area contributed by atoms with Crippen molar-refractivity contribution >= 4 is 28.3 Å². The first kappa shape index (κ1) is 21.6. The molecule has 15 nitrogen and oxygen atoms in total. The molecule has 0 radical (unpaired) electrons. The highest BCUT2D eigenvalue weighted by molar-refractivity contribution is 5.70. The van der Waals surface area contributed by atoms with Gasteiger partial charge in [0.1, 0.15) is 18.3 Å². The number of imidazole rings is 2. The van der Waals surface area contributed by atoms with E-state index in [1.165, 1.54) is 32.7 Å². The first-order chi connectivity index (χ1) is 15.2. The summed E-state index contributed by atoms with van der Waals surface area (Å²) in [5.74, 6) is 0.166. The zero-order valence-electron chi connectivity index (χ0n) is 17.0. The molecule has 1 fully saturated rings. The van der Waals surface area contributed by atoms with E-state index in [2.05, 4.69) is 24.9 Å². The third-order valence-electron chi connectivity index (χ3n) is 5.14. The number of aliphatic hydroxyl groups excluding tert-OH is 3. The predicted molar refractivity (Wildman–Crippen MR) is 109 cm³/mol. The highest BCUT2D eigenvalue weighted by Crippen LogP contribution is 2.30. The van der Waals surface area contributed by atoms with E-state index in [0.717, 1.165) is 0 Å². The van der Waals surface area contributed by atoms with Crippen LogP contribution in [0.4, 0.5) is 5.95 Å². The van der Waals surface area contributed by atoms with Crippen LogP contribution in [0.25, 0.3) is 22.3 Å². The summed E-state index contributed by atoms with van der Waals surface area (Å²) in [6, 6.07) is 0. The molecule has 15 heteroatoms. The number of fused-ring (bicyclic) bond motifs is 2. The second-order valence-corrected chi connectivity index (χ2v) is 7.15. The summed E-state index contributed by atoms with van der Waals surface area (Å²) in [6.45, 7) is -0.420. The zero-order chi connectivity index (χ0) is 23.2. The number of rotatable bonds is 2. The van der Waals surface area contributed by atoms with E-state index < -0.39 is 31.1 Å². The van der Waals surface area contributed by atoms with Crippen molar-refractivity contribution in [3.63, 3.8) is 0 Å². The van der Waals surface area contributed by atoms with Crippen LogP contribution in [0.1, 0.15) is 6.23 Å². The second kappa shape index (κ2) is 8.12. The molecule has 4 atom stereocenters. The number of ether oxygens (including phenoxy) is 1. The van der Waals surface area contributed by atoms with Crippen molar-refractivity contribution in [1.82, 2.24) is 38.6 Å². The van der Waals surface area contributed by atoms with E-state index in [0.29, 0.717) is 11.2 Å². The Balaban J connectivity index is 0.000000174. The number of nitrogen functional groups attached to an aromatic ring is 1. The fraction of sp³-hybridized carbons (Fsp3) is 0.412. The SMILES string of the molecule is Cn1c(N)nc2nc[nH]c2c1=O.Cn1cnc2c(ncn2[C@@H]2O[C@H](CO)[C@@H](O)[C@H]2O)c1=O. The van der Waals surface area contributed by atoms with Gasteiger partial charge >= 0.3 is 0 Å². The number of nitrogens with two attached hydrogens (primary N) is 1. The molecule has 0 amide bonds. The van der Waals surface area contributed by atoms with Gasteiger partial charge in [-0.05, 0) is 0 Å². The van der Waals surface area contributed by atoms with Gasteiger partial charge in [-0.25, -0.2) is 15.0 Å². The third-order valence-corrected chi connectivity index (χ3v) is 5.14. The van der Waals surface area contributed by atoms with E-state index >= 15 is 0 Å². The molecule has 5 rings (SSSR count). The Morgan fingerprint density at radius 1 is 1.12 bits per heavy atom. The molecule has 4 aromatic heterocycles. The van der Waals surface area contributed by atoms with Crippen LogP contribution in [0.3, 0.4) is 0 Å². The molecule has 1 aliphatic heterocycles. The number of hydrogen-bond donors (Lipinski definition) is 5. The van der Waals surface area contributed by atoms with Gasteiger partial charge in [-0.1, -0.05) is 0 Å². The van der Waals surface area contributed by atoms with Crippen molar-refractivity contribution in [2.75, 3.05) is 12.3 Å². The minimum Gasteiger partial charge on any atom is -0.394 e. The van der Waals surface area contributed by atoms with E-state index in [1.54, 1.807) is 14.1 Å². The molecule has 1 aliphatic rings. The first-order valence-corrected chi connectivity index (χ1v) is 9.40. The van der Waals surface area contributed by atoms with Crippen LogP contribution < -0.4 is 16.9 Å². The summed E-state index contributed by atoms with van der Waals surface area (Å²) in [4.78, 5) is 41.7. The van der Waals surface area contributed by atoms with E-state index in [1.807, 2.05) is 0 Å². The Labute approximate surface area is 178 Å². The molecule has 0 saturated carbocycles. The predicted octanol–water partition coefficient (Wildman–Crippen LogP) is -3.02. The van der Waals surface area contributed by atoms with Crippen LogP contribution >= 0.6 is 0 Å². The number of aromatic amines is 1. The average molecular weight is 447 g/mol. The van der Waals surface area contributed by atoms with Crippen LogP contribution in [-0.2, 0) is 18.8 Å². The molecule has 0 aliphatic carbocycles. The van der Waals surface area contributed by atoms with Crippen molar-refractivity contribution in [1.29, 1.82) is 0 Å². The van der Waals surface area contributed by atoms with Gasteiger partial charge in [0.15, 0.2) is 28.6 Å². The van der Waals surface area contributed by atoms with E-state index in [9.17, 15) is 19.8 Å². The Hall–Kier alpha value is -3.66. The number of H-pyrrole nitrogens is 1. The standard InChI is InChI=1S/C11H14N4O5.C6H7N5O/c1-14-3-13-9-6(10(14)19)12-4-15(9)11-8(18)7(17)5(2-16)20-11;1-11-5(12)3-4(9-2-8-3)10-6(11)7/h3-5,7-8,11,16-18H,2H2,1H3;2H,1H3,(H2,7,10)(H,8,9)/t5-,7-,8-,11-;/m1./s1. The average Bonchev–Trinajstić information content (AvgIpc) is 3.48. The van der Waals surface area contributed by atoms with Gasteiger partial charge in [0.05, 0.1) is 25.6 Å². The van der Waals surface area contributed by atoms with Gasteiger partial charge < -0.3 is 35.3 Å². The number of aromatic nitrogens is 8. The molecule has 0 aromatic carbocycles. The van der Waals surface area contributed by atoms with Gasteiger partial charge in [0, 0.05) is 14.1 Å². The maximum Gasteiger partial charge on any atom is 0.281 e. The van der Waals surface area contributed by atoms with Crippen LogP contribution in [0.5, 0.6) is 0 Å². The summed E-state index contributed by atoms with van der Waals surface area (Å²) < 4.78 is 9.31. The molecule has 170 valence electrons. The minimum absolute atomic E-state index is 0.146. The van der Waals surface area contributed by atoms with Crippen LogP contribution in [0.15, 0.2) is 28.6 Å². The summed E-state index contributed by atoms with van der Waals surface area (Å²) in [5.41, 5.74) is 6.05. The number of aliphatic hydroxyl groups is 3. The first-order valence-electron chi connectivity index (χ1n) is 9.40. The number of hydrogen-bond acceptors (Lipinski definition) is 11. The van der Waals surface area contributed by atoms with Crippen molar-refractivity contribution in [2.45, 2.75) is 24.5 Å². The van der Waals surface area contributed by atoms with Gasteiger partial charge in [-0.3, -0.25) is 18.7 Å². The molecule has 4 aromatic rings. The normalized spacial score (nSPS) is 22.9. The van der Waals surface area contributed by atoms with Crippen molar-refractivity contribution in [2.24, 2.45) is 14.1 Å². The Morgan fingerprint density at radius 3 is 2.56 bits per heavy atom. The van der Waals surface area contributed by atoms with Gasteiger partial charge in [0.25, 0.3) is 11.1 Å². The molecule has 0 unspecified atom stereocenters. The number of anilines is 1. The molecular weight excluding hydrogens is 426 g/mol. The summed E-state index contributed by atoms with van der Waals surface area (Å²) in [5, 5.41) is 28.8. The summed E-state index contributed by atoms with van der Waals surface area (Å²) in [6.07, 6.45) is -0.225. The maximum atomic E-state index is 11.9. The zero-order valence-corrected chi connectivity index (χ0v) is 17.0. The molecule has 32 heavy (non-hydrogen) atoms. The van der Waals surface area contributed by atoms with Gasteiger partial charge in [-0.15, -0.1) is 0 Å². The molecule has 0 spiro atoms. The Morgan fingerprint density at radius 2 is 1.88 bits per heavy atom. The molecule has 5 heterocycles. The molecule has 1 saturated heterocycles. The Bertz CT molecular complexity index is 1390. The quantitative estimate of drug-likeness (QED) is 0.208. The topological polar surface area (TPSA) is 212 Å².